The van der Waals surface area contributed by atoms with Crippen molar-refractivity contribution in [2.75, 3.05) is 30.5 Å². The van der Waals surface area contributed by atoms with Crippen molar-refractivity contribution in [3.8, 4) is 6.01 Å². The van der Waals surface area contributed by atoms with Gasteiger partial charge in [0.1, 0.15) is 0 Å². The first-order valence-electron chi connectivity index (χ1n) is 8.66. The summed E-state index contributed by atoms with van der Waals surface area (Å²) in [7, 11) is 1.48. The van der Waals surface area contributed by atoms with Crippen molar-refractivity contribution >= 4 is 23.8 Å². The number of nitrogens with one attached hydrogen (secondary N) is 1. The van der Waals surface area contributed by atoms with Crippen LogP contribution in [0.15, 0.2) is 29.4 Å². The standard InChI is InChI=1S/C17H23N7O3/c1-4-10-23(11-5-2)16-19-15(20-17(21-16)27-3)22-18-12-13-8-6-7-9-14(13)24(25)26/h6-9,12H,4-5,10-11H2,1-3H3,(H,19,20,21,22)/b18-12-. The van der Waals surface area contributed by atoms with Crippen molar-refractivity contribution in [2.45, 2.75) is 26.7 Å². The van der Waals surface area contributed by atoms with Crippen LogP contribution in [0.5, 0.6) is 6.01 Å². The third-order valence-electron chi connectivity index (χ3n) is 3.56. The van der Waals surface area contributed by atoms with Crippen LogP contribution in [0.1, 0.15) is 32.3 Å². The highest BCUT2D eigenvalue weighted by atomic mass is 16.6. The molecule has 0 aliphatic rings. The maximum Gasteiger partial charge on any atom is 0.322 e. The number of hydrogen-bond donors (Lipinski definition) is 1. The van der Waals surface area contributed by atoms with Gasteiger partial charge < -0.3 is 9.64 Å². The van der Waals surface area contributed by atoms with Crippen molar-refractivity contribution in [1.29, 1.82) is 0 Å². The minimum atomic E-state index is -0.460. The van der Waals surface area contributed by atoms with Gasteiger partial charge in [-0.3, -0.25) is 10.1 Å². The van der Waals surface area contributed by atoms with Crippen LogP contribution in [0.2, 0.25) is 0 Å². The van der Waals surface area contributed by atoms with E-state index in [-0.39, 0.29) is 17.6 Å². The second kappa shape index (κ2) is 10.00. The Hall–Kier alpha value is -3.30. The molecular weight excluding hydrogens is 350 g/mol. The summed E-state index contributed by atoms with van der Waals surface area (Å²) in [5.74, 6) is 0.692. The average Bonchev–Trinajstić information content (AvgIpc) is 2.67. The average molecular weight is 373 g/mol. The fourth-order valence-corrected chi connectivity index (χ4v) is 2.40. The molecule has 1 heterocycles. The summed E-state index contributed by atoms with van der Waals surface area (Å²) in [6, 6.07) is 6.49. The SMILES string of the molecule is CCCN(CCC)c1nc(N/N=C\c2ccccc2[N+](=O)[O-])nc(OC)n1. The van der Waals surface area contributed by atoms with Gasteiger partial charge in [-0.1, -0.05) is 26.0 Å². The molecule has 0 saturated carbocycles. The van der Waals surface area contributed by atoms with E-state index >= 15 is 0 Å². The lowest BCUT2D eigenvalue weighted by Crippen LogP contribution is -2.27. The molecule has 0 atom stereocenters. The van der Waals surface area contributed by atoms with E-state index in [0.717, 1.165) is 25.9 Å². The predicted molar refractivity (Wildman–Crippen MR) is 103 cm³/mol. The number of nitro groups is 1. The zero-order chi connectivity index (χ0) is 19.6. The molecule has 1 N–H and O–H groups in total. The van der Waals surface area contributed by atoms with E-state index in [4.69, 9.17) is 4.74 Å². The number of anilines is 2. The lowest BCUT2D eigenvalue weighted by Gasteiger charge is -2.21. The molecule has 10 heteroatoms. The lowest BCUT2D eigenvalue weighted by molar-refractivity contribution is -0.385. The zero-order valence-electron chi connectivity index (χ0n) is 15.6. The molecule has 2 rings (SSSR count). The third kappa shape index (κ3) is 5.59. The highest BCUT2D eigenvalue weighted by Gasteiger charge is 2.13. The van der Waals surface area contributed by atoms with Gasteiger partial charge >= 0.3 is 6.01 Å². The smallest absolute Gasteiger partial charge is 0.322 e. The van der Waals surface area contributed by atoms with E-state index in [1.165, 1.54) is 19.4 Å². The fraction of sp³-hybridized carbons (Fsp3) is 0.412. The monoisotopic (exact) mass is 373 g/mol. The Kier molecular flexibility index (Phi) is 7.41. The zero-order valence-corrected chi connectivity index (χ0v) is 15.6. The van der Waals surface area contributed by atoms with Crippen molar-refractivity contribution in [3.05, 3.63) is 39.9 Å². The van der Waals surface area contributed by atoms with Crippen molar-refractivity contribution in [3.63, 3.8) is 0 Å². The molecule has 0 bridgehead atoms. The largest absolute Gasteiger partial charge is 0.467 e. The number of para-hydroxylation sites is 1. The molecule has 0 amide bonds. The summed E-state index contributed by atoms with van der Waals surface area (Å²) in [6.07, 6.45) is 3.25. The van der Waals surface area contributed by atoms with Gasteiger partial charge in [-0.15, -0.1) is 0 Å². The number of benzene rings is 1. The van der Waals surface area contributed by atoms with Gasteiger partial charge in [0.2, 0.25) is 5.95 Å². The topological polar surface area (TPSA) is 119 Å². The maximum atomic E-state index is 11.0. The first-order valence-corrected chi connectivity index (χ1v) is 8.66. The Morgan fingerprint density at radius 1 is 1.22 bits per heavy atom. The van der Waals surface area contributed by atoms with Gasteiger partial charge in [0, 0.05) is 19.2 Å². The Balaban J connectivity index is 2.23. The minimum absolute atomic E-state index is 0.0333. The number of methoxy groups -OCH3 is 1. The second-order valence-electron chi connectivity index (χ2n) is 5.62. The van der Waals surface area contributed by atoms with E-state index in [0.29, 0.717) is 11.5 Å². The summed E-state index contributed by atoms with van der Waals surface area (Å²) in [6.45, 7) is 5.77. The number of hydrazone groups is 1. The summed E-state index contributed by atoms with van der Waals surface area (Å²) >= 11 is 0. The Morgan fingerprint density at radius 3 is 2.56 bits per heavy atom. The number of aromatic nitrogens is 3. The molecule has 0 saturated heterocycles. The predicted octanol–water partition coefficient (Wildman–Crippen LogP) is 2.86. The van der Waals surface area contributed by atoms with Crippen molar-refractivity contribution < 1.29 is 9.66 Å². The van der Waals surface area contributed by atoms with Crippen LogP contribution in [-0.4, -0.2) is 46.3 Å². The van der Waals surface area contributed by atoms with Crippen LogP contribution in [0.4, 0.5) is 17.6 Å². The number of nitro benzene ring substituents is 1. The van der Waals surface area contributed by atoms with Gasteiger partial charge in [-0.25, -0.2) is 5.43 Å². The first-order chi connectivity index (χ1) is 13.1. The van der Waals surface area contributed by atoms with Crippen LogP contribution < -0.4 is 15.1 Å². The van der Waals surface area contributed by atoms with Gasteiger partial charge in [0.05, 0.1) is 23.8 Å². The van der Waals surface area contributed by atoms with Gasteiger partial charge in [0.25, 0.3) is 11.6 Å². The normalized spacial score (nSPS) is 10.8. The van der Waals surface area contributed by atoms with E-state index in [1.807, 2.05) is 4.90 Å². The highest BCUT2D eigenvalue weighted by Crippen LogP contribution is 2.17. The lowest BCUT2D eigenvalue weighted by atomic mass is 10.2. The fourth-order valence-electron chi connectivity index (χ4n) is 2.40. The van der Waals surface area contributed by atoms with E-state index in [2.05, 4.69) is 39.3 Å². The summed E-state index contributed by atoms with van der Waals surface area (Å²) in [4.78, 5) is 25.4. The van der Waals surface area contributed by atoms with Crippen molar-refractivity contribution in [1.82, 2.24) is 15.0 Å². The highest BCUT2D eigenvalue weighted by molar-refractivity contribution is 5.85. The summed E-state index contributed by atoms with van der Waals surface area (Å²) < 4.78 is 5.15. The van der Waals surface area contributed by atoms with E-state index in [1.54, 1.807) is 18.2 Å². The summed E-state index contributed by atoms with van der Waals surface area (Å²) in [5.41, 5.74) is 3.03. The number of ether oxygens (including phenoxy) is 1. The van der Waals surface area contributed by atoms with Crippen LogP contribution in [0.25, 0.3) is 0 Å². The minimum Gasteiger partial charge on any atom is -0.467 e. The number of nitrogens with zero attached hydrogens (tertiary/aromatic N) is 6. The third-order valence-corrected chi connectivity index (χ3v) is 3.56. The molecule has 0 spiro atoms. The van der Waals surface area contributed by atoms with Crippen LogP contribution in [-0.2, 0) is 0 Å². The summed E-state index contributed by atoms with van der Waals surface area (Å²) in [5, 5.41) is 15.1. The van der Waals surface area contributed by atoms with Gasteiger partial charge in [0.15, 0.2) is 0 Å². The molecule has 0 aliphatic carbocycles. The Morgan fingerprint density at radius 2 is 1.93 bits per heavy atom. The second-order valence-corrected chi connectivity index (χ2v) is 5.62. The Labute approximate surface area is 157 Å². The molecule has 144 valence electrons. The quantitative estimate of drug-likeness (QED) is 0.384. The van der Waals surface area contributed by atoms with Crippen LogP contribution >= 0.6 is 0 Å². The number of rotatable bonds is 10. The number of hydrogen-bond acceptors (Lipinski definition) is 9. The molecule has 1 aromatic carbocycles. The van der Waals surface area contributed by atoms with Crippen molar-refractivity contribution in [2.24, 2.45) is 5.10 Å². The molecule has 10 nitrogen and oxygen atoms in total. The van der Waals surface area contributed by atoms with Gasteiger partial charge in [-0.05, 0) is 18.9 Å². The van der Waals surface area contributed by atoms with Crippen LogP contribution in [0, 0.1) is 10.1 Å². The molecule has 0 aliphatic heterocycles. The van der Waals surface area contributed by atoms with E-state index < -0.39 is 4.92 Å². The molecule has 0 radical (unpaired) electrons. The molecule has 0 fully saturated rings. The molecule has 1 aromatic heterocycles. The molecule has 27 heavy (non-hydrogen) atoms. The van der Waals surface area contributed by atoms with Gasteiger partial charge in [-0.2, -0.15) is 20.1 Å². The van der Waals surface area contributed by atoms with E-state index in [9.17, 15) is 10.1 Å². The first kappa shape index (κ1) is 20.0. The molecular formula is C17H23N7O3. The Bertz CT molecular complexity index is 792. The molecule has 0 unspecified atom stereocenters. The van der Waals surface area contributed by atoms with Crippen LogP contribution in [0.3, 0.4) is 0 Å². The maximum absolute atomic E-state index is 11.0. The molecule has 2 aromatic rings.